The normalized spacial score (nSPS) is 19.7. The van der Waals surface area contributed by atoms with Crippen molar-refractivity contribution >= 4 is 17.5 Å². The second-order valence-electron chi connectivity index (χ2n) is 7.19. The number of hydrogen-bond donors (Lipinski definition) is 1. The average Bonchev–Trinajstić information content (AvgIpc) is 3.42. The van der Waals surface area contributed by atoms with Crippen molar-refractivity contribution in [3.05, 3.63) is 37.0 Å². The van der Waals surface area contributed by atoms with E-state index in [-0.39, 0.29) is 18.1 Å². The molecular weight excluding hydrogens is 386 g/mol. The number of anilines is 1. The van der Waals surface area contributed by atoms with Gasteiger partial charge in [-0.3, -0.25) is 4.99 Å². The van der Waals surface area contributed by atoms with E-state index in [4.69, 9.17) is 18.9 Å². The van der Waals surface area contributed by atoms with E-state index in [1.165, 1.54) is 0 Å². The standard InChI is InChI=1S/C21H25N5O4/c1-12(2)20-23-14-6-7-30-18(14)21(25-20)24-17-10-26(11-22-17)13-8-15(27-3)19(29-5)16(9-13)28-4/h6-12,14,18H,1-5H3,(H,23,24,25). The zero-order valence-electron chi connectivity index (χ0n) is 17.6. The molecule has 158 valence electrons. The summed E-state index contributed by atoms with van der Waals surface area (Å²) in [6.45, 7) is 4.14. The zero-order chi connectivity index (χ0) is 21.3. The maximum Gasteiger partial charge on any atom is 0.203 e. The summed E-state index contributed by atoms with van der Waals surface area (Å²) >= 11 is 0. The van der Waals surface area contributed by atoms with E-state index in [2.05, 4.69) is 34.1 Å². The monoisotopic (exact) mass is 411 g/mol. The van der Waals surface area contributed by atoms with Crippen molar-refractivity contribution in [2.45, 2.75) is 26.0 Å². The molecule has 0 saturated heterocycles. The first-order valence-corrected chi connectivity index (χ1v) is 9.63. The van der Waals surface area contributed by atoms with Gasteiger partial charge >= 0.3 is 0 Å². The first-order chi connectivity index (χ1) is 14.5. The Balaban J connectivity index is 1.62. The molecule has 9 heteroatoms. The van der Waals surface area contributed by atoms with E-state index in [1.807, 2.05) is 29.0 Å². The molecule has 2 aliphatic heterocycles. The molecule has 4 rings (SSSR count). The van der Waals surface area contributed by atoms with Crippen LogP contribution in [0, 0.1) is 5.92 Å². The molecule has 1 aromatic heterocycles. The Morgan fingerprint density at radius 3 is 2.47 bits per heavy atom. The number of methoxy groups -OCH3 is 3. The molecule has 2 aromatic rings. The van der Waals surface area contributed by atoms with Gasteiger partial charge in [0.05, 0.1) is 39.5 Å². The maximum absolute atomic E-state index is 5.68. The van der Waals surface area contributed by atoms with Gasteiger partial charge in [-0.15, -0.1) is 0 Å². The van der Waals surface area contributed by atoms with Crippen molar-refractivity contribution in [3.8, 4) is 22.9 Å². The minimum Gasteiger partial charge on any atom is -0.493 e. The van der Waals surface area contributed by atoms with E-state index in [9.17, 15) is 0 Å². The second-order valence-corrected chi connectivity index (χ2v) is 7.19. The van der Waals surface area contributed by atoms with Gasteiger partial charge in [-0.25, -0.2) is 9.98 Å². The zero-order valence-corrected chi connectivity index (χ0v) is 17.6. The molecule has 2 unspecified atom stereocenters. The number of nitrogens with zero attached hydrogens (tertiary/aromatic N) is 4. The summed E-state index contributed by atoms with van der Waals surface area (Å²) in [7, 11) is 4.75. The largest absolute Gasteiger partial charge is 0.493 e. The lowest BCUT2D eigenvalue weighted by Crippen LogP contribution is -2.40. The van der Waals surface area contributed by atoms with Crippen molar-refractivity contribution in [2.24, 2.45) is 15.9 Å². The molecule has 0 amide bonds. The van der Waals surface area contributed by atoms with Crippen LogP contribution in [0.2, 0.25) is 0 Å². The number of nitrogens with one attached hydrogen (secondary N) is 1. The molecule has 0 aliphatic carbocycles. The summed E-state index contributed by atoms with van der Waals surface area (Å²) in [5, 5.41) is 3.29. The van der Waals surface area contributed by atoms with E-state index >= 15 is 0 Å². The topological polar surface area (TPSA) is 91.5 Å². The van der Waals surface area contributed by atoms with Gasteiger partial charge in [-0.2, -0.15) is 0 Å². The fourth-order valence-corrected chi connectivity index (χ4v) is 3.35. The van der Waals surface area contributed by atoms with E-state index in [1.54, 1.807) is 33.9 Å². The van der Waals surface area contributed by atoms with Crippen LogP contribution < -0.4 is 19.5 Å². The van der Waals surface area contributed by atoms with Gasteiger partial charge in [0.15, 0.2) is 23.4 Å². The Morgan fingerprint density at radius 1 is 1.10 bits per heavy atom. The lowest BCUT2D eigenvalue weighted by molar-refractivity contribution is 0.217. The summed E-state index contributed by atoms with van der Waals surface area (Å²) < 4.78 is 23.8. The van der Waals surface area contributed by atoms with Crippen LogP contribution in [0.4, 0.5) is 5.82 Å². The smallest absolute Gasteiger partial charge is 0.203 e. The van der Waals surface area contributed by atoms with Gasteiger partial charge < -0.3 is 28.8 Å². The molecule has 0 spiro atoms. The summed E-state index contributed by atoms with van der Waals surface area (Å²) in [6, 6.07) is 3.64. The first kappa shape index (κ1) is 19.8. The molecule has 30 heavy (non-hydrogen) atoms. The third-order valence-corrected chi connectivity index (χ3v) is 4.90. The lowest BCUT2D eigenvalue weighted by Gasteiger charge is -2.24. The molecule has 9 nitrogen and oxygen atoms in total. The number of benzene rings is 1. The number of imidazole rings is 1. The van der Waals surface area contributed by atoms with E-state index in [0.717, 1.165) is 11.5 Å². The highest BCUT2D eigenvalue weighted by Gasteiger charge is 2.34. The highest BCUT2D eigenvalue weighted by Crippen LogP contribution is 2.39. The van der Waals surface area contributed by atoms with Crippen LogP contribution in [0.3, 0.4) is 0 Å². The van der Waals surface area contributed by atoms with Gasteiger partial charge in [-0.05, 0) is 6.08 Å². The first-order valence-electron chi connectivity index (χ1n) is 9.63. The molecule has 1 N–H and O–H groups in total. The fraction of sp³-hybridized carbons (Fsp3) is 0.381. The molecule has 0 radical (unpaired) electrons. The third kappa shape index (κ3) is 3.58. The van der Waals surface area contributed by atoms with Crippen molar-refractivity contribution in [2.75, 3.05) is 26.6 Å². The van der Waals surface area contributed by atoms with Gasteiger partial charge in [0.2, 0.25) is 5.75 Å². The van der Waals surface area contributed by atoms with Gasteiger partial charge in [0.1, 0.15) is 24.0 Å². The Hall–Kier alpha value is -3.49. The van der Waals surface area contributed by atoms with Crippen LogP contribution in [0.15, 0.2) is 47.0 Å². The molecule has 0 bridgehead atoms. The van der Waals surface area contributed by atoms with Crippen molar-refractivity contribution in [3.63, 3.8) is 0 Å². The lowest BCUT2D eigenvalue weighted by atomic mass is 10.1. The molecule has 0 fully saturated rings. The van der Waals surface area contributed by atoms with E-state index < -0.39 is 0 Å². The van der Waals surface area contributed by atoms with Crippen LogP contribution in [0.1, 0.15) is 13.8 Å². The second kappa shape index (κ2) is 8.10. The minimum absolute atomic E-state index is 0.0698. The number of rotatable bonds is 6. The summed E-state index contributed by atoms with van der Waals surface area (Å²) in [5.41, 5.74) is 0.816. The van der Waals surface area contributed by atoms with E-state index in [0.29, 0.717) is 28.9 Å². The third-order valence-electron chi connectivity index (χ3n) is 4.90. The molecule has 2 atom stereocenters. The number of fused-ring (bicyclic) bond motifs is 1. The molecule has 3 heterocycles. The van der Waals surface area contributed by atoms with Crippen molar-refractivity contribution < 1.29 is 18.9 Å². The Labute approximate surface area is 175 Å². The molecular formula is C21H25N5O4. The van der Waals surface area contributed by atoms with Crippen molar-refractivity contribution in [1.29, 1.82) is 0 Å². The van der Waals surface area contributed by atoms with Gasteiger partial charge in [-0.1, -0.05) is 13.8 Å². The molecule has 0 saturated carbocycles. The maximum atomic E-state index is 5.68. The van der Waals surface area contributed by atoms with Crippen LogP contribution in [-0.2, 0) is 4.74 Å². The Morgan fingerprint density at radius 2 is 1.83 bits per heavy atom. The fourth-order valence-electron chi connectivity index (χ4n) is 3.35. The van der Waals surface area contributed by atoms with Crippen LogP contribution in [0.5, 0.6) is 17.2 Å². The number of aromatic nitrogens is 2. The highest BCUT2D eigenvalue weighted by atomic mass is 16.5. The molecule has 2 aliphatic rings. The van der Waals surface area contributed by atoms with Crippen LogP contribution in [0.25, 0.3) is 5.69 Å². The quantitative estimate of drug-likeness (QED) is 0.786. The van der Waals surface area contributed by atoms with Gasteiger partial charge in [0.25, 0.3) is 0 Å². The number of aliphatic imine (C=N–C) groups is 2. The summed E-state index contributed by atoms with van der Waals surface area (Å²) in [6.07, 6.45) is 6.92. The minimum atomic E-state index is -0.265. The Kier molecular flexibility index (Phi) is 5.35. The average molecular weight is 411 g/mol. The molecule has 1 aromatic carbocycles. The van der Waals surface area contributed by atoms with Crippen LogP contribution >= 0.6 is 0 Å². The summed E-state index contributed by atoms with van der Waals surface area (Å²) in [5.74, 6) is 4.01. The van der Waals surface area contributed by atoms with Crippen LogP contribution in [-0.4, -0.2) is 54.7 Å². The van der Waals surface area contributed by atoms with Crippen molar-refractivity contribution in [1.82, 2.24) is 9.55 Å². The number of amidine groups is 2. The van der Waals surface area contributed by atoms with Gasteiger partial charge in [0, 0.05) is 18.1 Å². The highest BCUT2D eigenvalue weighted by molar-refractivity contribution is 6.08. The summed E-state index contributed by atoms with van der Waals surface area (Å²) in [4.78, 5) is 13.8. The predicted octanol–water partition coefficient (Wildman–Crippen LogP) is 3.06. The predicted molar refractivity (Wildman–Crippen MR) is 114 cm³/mol. The Bertz CT molecular complexity index is 999. The SMILES string of the molecule is COc1cc(-n2cnc(NC3=NC(C(C)C)=NC4C=COC34)c2)cc(OC)c1OC. The number of ether oxygens (including phenoxy) is 4. The number of hydrogen-bond acceptors (Lipinski definition) is 8.